The van der Waals surface area contributed by atoms with Crippen LogP contribution in [0.3, 0.4) is 0 Å². The first-order chi connectivity index (χ1) is 10.8. The van der Waals surface area contributed by atoms with E-state index in [9.17, 15) is 4.79 Å². The summed E-state index contributed by atoms with van der Waals surface area (Å²) in [6.45, 7) is 0.358. The first-order valence-corrected chi connectivity index (χ1v) is 7.19. The van der Waals surface area contributed by atoms with Gasteiger partial charge in [-0.2, -0.15) is 0 Å². The maximum Gasteiger partial charge on any atom is 0.243 e. The van der Waals surface area contributed by atoms with Crippen LogP contribution in [0.2, 0.25) is 0 Å². The van der Waals surface area contributed by atoms with Gasteiger partial charge in [0, 0.05) is 12.8 Å². The van der Waals surface area contributed by atoms with Gasteiger partial charge in [0.25, 0.3) is 0 Å². The number of hydrogen-bond donors (Lipinski definition) is 2. The van der Waals surface area contributed by atoms with Crippen molar-refractivity contribution in [3.05, 3.63) is 66.0 Å². The van der Waals surface area contributed by atoms with Crippen molar-refractivity contribution in [1.82, 2.24) is 15.4 Å². The van der Waals surface area contributed by atoms with Crippen LogP contribution in [0.5, 0.6) is 0 Å². The lowest BCUT2D eigenvalue weighted by molar-refractivity contribution is -0.134. The number of aryl methyl sites for hydroxylation is 1. The summed E-state index contributed by atoms with van der Waals surface area (Å²) < 4.78 is 0. The van der Waals surface area contributed by atoms with Crippen molar-refractivity contribution in [2.24, 2.45) is 0 Å². The van der Waals surface area contributed by atoms with Gasteiger partial charge in [-0.3, -0.25) is 9.63 Å². The molecule has 1 heterocycles. The van der Waals surface area contributed by atoms with E-state index in [2.05, 4.69) is 15.4 Å². The highest BCUT2D eigenvalue weighted by Crippen LogP contribution is 2.11. The summed E-state index contributed by atoms with van der Waals surface area (Å²) in [6, 6.07) is 17.5. The molecule has 3 aromatic rings. The molecule has 5 nitrogen and oxygen atoms in total. The number of hydrogen-bond acceptors (Lipinski definition) is 3. The van der Waals surface area contributed by atoms with E-state index in [0.717, 1.165) is 22.4 Å². The van der Waals surface area contributed by atoms with Crippen molar-refractivity contribution < 1.29 is 9.63 Å². The predicted molar refractivity (Wildman–Crippen MR) is 83.8 cm³/mol. The molecule has 0 aliphatic carbocycles. The van der Waals surface area contributed by atoms with Gasteiger partial charge in [0.2, 0.25) is 5.91 Å². The summed E-state index contributed by atoms with van der Waals surface area (Å²) in [5, 5.41) is 0. The Morgan fingerprint density at radius 1 is 1.09 bits per heavy atom. The lowest BCUT2D eigenvalue weighted by atomic mass is 10.2. The van der Waals surface area contributed by atoms with E-state index in [4.69, 9.17) is 4.84 Å². The second-order valence-corrected chi connectivity index (χ2v) is 5.00. The number of hydroxylamine groups is 1. The zero-order chi connectivity index (χ0) is 15.2. The van der Waals surface area contributed by atoms with E-state index < -0.39 is 0 Å². The highest BCUT2D eigenvalue weighted by atomic mass is 16.6. The molecule has 112 valence electrons. The van der Waals surface area contributed by atoms with Crippen LogP contribution < -0.4 is 5.48 Å². The SMILES string of the molecule is O=C(CCc1nc2ccccc2[nH]1)NOCc1ccccc1. The molecule has 0 saturated carbocycles. The highest BCUT2D eigenvalue weighted by Gasteiger charge is 2.06. The molecule has 0 radical (unpaired) electrons. The summed E-state index contributed by atoms with van der Waals surface area (Å²) in [5.41, 5.74) is 5.37. The fourth-order valence-electron chi connectivity index (χ4n) is 2.18. The maximum atomic E-state index is 11.7. The molecule has 0 atom stereocenters. The lowest BCUT2D eigenvalue weighted by Gasteiger charge is -2.05. The Bertz CT molecular complexity index is 720. The number of imidazole rings is 1. The minimum absolute atomic E-state index is 0.156. The van der Waals surface area contributed by atoms with E-state index in [1.54, 1.807) is 0 Å². The van der Waals surface area contributed by atoms with Crippen LogP contribution in [0.25, 0.3) is 11.0 Å². The quantitative estimate of drug-likeness (QED) is 0.687. The molecule has 0 saturated heterocycles. The van der Waals surface area contributed by atoms with Gasteiger partial charge in [0.15, 0.2) is 0 Å². The topological polar surface area (TPSA) is 67.0 Å². The first-order valence-electron chi connectivity index (χ1n) is 7.19. The van der Waals surface area contributed by atoms with Crippen LogP contribution in [0, 0.1) is 0 Å². The molecule has 5 heteroatoms. The number of H-pyrrole nitrogens is 1. The van der Waals surface area contributed by atoms with Crippen LogP contribution in [-0.4, -0.2) is 15.9 Å². The van der Waals surface area contributed by atoms with Crippen molar-refractivity contribution in [3.63, 3.8) is 0 Å². The minimum Gasteiger partial charge on any atom is -0.342 e. The van der Waals surface area contributed by atoms with Crippen molar-refractivity contribution >= 4 is 16.9 Å². The molecule has 0 fully saturated rings. The van der Waals surface area contributed by atoms with Gasteiger partial charge in [-0.05, 0) is 17.7 Å². The van der Waals surface area contributed by atoms with E-state index >= 15 is 0 Å². The number of nitrogens with one attached hydrogen (secondary N) is 2. The molecule has 0 unspecified atom stereocenters. The maximum absolute atomic E-state index is 11.7. The Hall–Kier alpha value is -2.66. The van der Waals surface area contributed by atoms with Crippen molar-refractivity contribution in [1.29, 1.82) is 0 Å². The van der Waals surface area contributed by atoms with Gasteiger partial charge >= 0.3 is 0 Å². The molecule has 0 bridgehead atoms. The molecular formula is C17H17N3O2. The predicted octanol–water partition coefficient (Wildman–Crippen LogP) is 2.74. The van der Waals surface area contributed by atoms with Crippen LogP contribution in [-0.2, 0) is 22.7 Å². The standard InChI is InChI=1S/C17H17N3O2/c21-17(20-22-12-13-6-2-1-3-7-13)11-10-16-18-14-8-4-5-9-15(14)19-16/h1-9H,10-12H2,(H,18,19)(H,20,21). The molecule has 0 spiro atoms. The summed E-state index contributed by atoms with van der Waals surface area (Å²) >= 11 is 0. The fraction of sp³-hybridized carbons (Fsp3) is 0.176. The highest BCUT2D eigenvalue weighted by molar-refractivity contribution is 5.76. The zero-order valence-corrected chi connectivity index (χ0v) is 12.1. The number of rotatable bonds is 6. The zero-order valence-electron chi connectivity index (χ0n) is 12.1. The number of aromatic amines is 1. The first kappa shape index (κ1) is 14.3. The van der Waals surface area contributed by atoms with Crippen molar-refractivity contribution in [2.45, 2.75) is 19.4 Å². The van der Waals surface area contributed by atoms with Gasteiger partial charge < -0.3 is 4.98 Å². The molecule has 22 heavy (non-hydrogen) atoms. The lowest BCUT2D eigenvalue weighted by Crippen LogP contribution is -2.23. The second-order valence-electron chi connectivity index (χ2n) is 5.00. The summed E-state index contributed by atoms with van der Waals surface area (Å²) in [7, 11) is 0. The number of carbonyl (C=O) groups excluding carboxylic acids is 1. The normalized spacial score (nSPS) is 10.7. The monoisotopic (exact) mass is 295 g/mol. The Labute approximate surface area is 128 Å². The summed E-state index contributed by atoms with van der Waals surface area (Å²) in [4.78, 5) is 24.6. The smallest absolute Gasteiger partial charge is 0.243 e. The third kappa shape index (κ3) is 3.71. The van der Waals surface area contributed by atoms with E-state index in [0.29, 0.717) is 19.4 Å². The van der Waals surface area contributed by atoms with Gasteiger partial charge in [0.1, 0.15) is 5.82 Å². The molecular weight excluding hydrogens is 278 g/mol. The Morgan fingerprint density at radius 3 is 2.68 bits per heavy atom. The van der Waals surface area contributed by atoms with E-state index in [-0.39, 0.29) is 5.91 Å². The van der Waals surface area contributed by atoms with Gasteiger partial charge in [-0.25, -0.2) is 10.5 Å². The third-order valence-electron chi connectivity index (χ3n) is 3.29. The fourth-order valence-corrected chi connectivity index (χ4v) is 2.18. The number of para-hydroxylation sites is 2. The van der Waals surface area contributed by atoms with Crippen LogP contribution in [0.15, 0.2) is 54.6 Å². The Morgan fingerprint density at radius 2 is 1.86 bits per heavy atom. The second kappa shape index (κ2) is 6.87. The Balaban J connectivity index is 1.44. The van der Waals surface area contributed by atoms with E-state index in [1.807, 2.05) is 54.6 Å². The Kier molecular flexibility index (Phi) is 4.46. The van der Waals surface area contributed by atoms with Crippen LogP contribution in [0.1, 0.15) is 17.8 Å². The number of amides is 1. The molecule has 2 aromatic carbocycles. The average molecular weight is 295 g/mol. The average Bonchev–Trinajstić information content (AvgIpc) is 2.97. The largest absolute Gasteiger partial charge is 0.342 e. The molecule has 0 aliphatic heterocycles. The van der Waals surface area contributed by atoms with Crippen molar-refractivity contribution in [3.8, 4) is 0 Å². The van der Waals surface area contributed by atoms with Crippen LogP contribution >= 0.6 is 0 Å². The van der Waals surface area contributed by atoms with Crippen molar-refractivity contribution in [2.75, 3.05) is 0 Å². The van der Waals surface area contributed by atoms with Crippen LogP contribution in [0.4, 0.5) is 0 Å². The third-order valence-corrected chi connectivity index (χ3v) is 3.29. The minimum atomic E-state index is -0.156. The molecule has 1 amide bonds. The number of carbonyl (C=O) groups is 1. The molecule has 0 aliphatic rings. The number of nitrogens with zero attached hydrogens (tertiary/aromatic N) is 1. The molecule has 1 aromatic heterocycles. The molecule has 3 rings (SSSR count). The van der Waals surface area contributed by atoms with Gasteiger partial charge in [0.05, 0.1) is 17.6 Å². The van der Waals surface area contributed by atoms with Gasteiger partial charge in [-0.1, -0.05) is 42.5 Å². The number of aromatic nitrogens is 2. The molecule has 2 N–H and O–H groups in total. The van der Waals surface area contributed by atoms with E-state index in [1.165, 1.54) is 0 Å². The van der Waals surface area contributed by atoms with Gasteiger partial charge in [-0.15, -0.1) is 0 Å². The number of benzene rings is 2. The summed E-state index contributed by atoms with van der Waals surface area (Å²) in [5.74, 6) is 0.649. The summed E-state index contributed by atoms with van der Waals surface area (Å²) in [6.07, 6.45) is 0.879. The number of fused-ring (bicyclic) bond motifs is 1.